The third-order valence-electron chi connectivity index (χ3n) is 4.37. The number of halogens is 3. The lowest BCUT2D eigenvalue weighted by Gasteiger charge is -2.19. The van der Waals surface area contributed by atoms with Crippen LogP contribution < -0.4 is 14.4 Å². The molecule has 0 aliphatic rings. The Labute approximate surface area is 176 Å². The average Bonchev–Trinajstić information content (AvgIpc) is 3.10. The van der Waals surface area contributed by atoms with Crippen LogP contribution in [0, 0.1) is 0 Å². The fourth-order valence-electron chi connectivity index (χ4n) is 2.66. The van der Waals surface area contributed by atoms with Crippen molar-refractivity contribution in [3.8, 4) is 5.75 Å². The number of fused-ring (bicyclic) bond motifs is 1. The number of carbonyl (C=O) groups excluding carboxylic acids is 1. The summed E-state index contributed by atoms with van der Waals surface area (Å²) in [5, 5.41) is 0.580. The molecule has 31 heavy (non-hydrogen) atoms. The first-order valence-electron chi connectivity index (χ1n) is 8.99. The van der Waals surface area contributed by atoms with Crippen molar-refractivity contribution in [1.29, 1.82) is 0 Å². The molecule has 1 aromatic heterocycles. The number of carbonyl (C=O) groups is 1. The highest BCUT2D eigenvalue weighted by molar-refractivity contribution is 7.90. The van der Waals surface area contributed by atoms with Crippen molar-refractivity contribution in [2.24, 2.45) is 0 Å². The van der Waals surface area contributed by atoms with E-state index in [9.17, 15) is 26.4 Å². The van der Waals surface area contributed by atoms with Crippen molar-refractivity contribution in [3.05, 3.63) is 54.3 Å². The van der Waals surface area contributed by atoms with E-state index in [4.69, 9.17) is 9.15 Å². The number of alkyl halides is 3. The van der Waals surface area contributed by atoms with Crippen molar-refractivity contribution >= 4 is 32.6 Å². The molecule has 0 unspecified atom stereocenters. The van der Waals surface area contributed by atoms with E-state index < -0.39 is 38.9 Å². The summed E-state index contributed by atoms with van der Waals surface area (Å²) < 4.78 is 75.9. The molecule has 0 saturated heterocycles. The van der Waals surface area contributed by atoms with Gasteiger partial charge in [0, 0.05) is 31.2 Å². The number of anilines is 1. The molecular formula is C20H19F3N2O5S. The van der Waals surface area contributed by atoms with Crippen LogP contribution in [0.25, 0.3) is 11.0 Å². The first kappa shape index (κ1) is 22.5. The zero-order valence-electron chi connectivity index (χ0n) is 16.7. The molecule has 1 heterocycles. The molecule has 1 amide bonds. The van der Waals surface area contributed by atoms with Crippen LogP contribution in [-0.4, -0.2) is 40.7 Å². The van der Waals surface area contributed by atoms with Crippen LogP contribution >= 0.6 is 0 Å². The molecule has 1 N–H and O–H groups in total. The fourth-order valence-corrected chi connectivity index (χ4v) is 3.76. The molecule has 11 heteroatoms. The minimum absolute atomic E-state index is 0.267. The van der Waals surface area contributed by atoms with Gasteiger partial charge in [-0.2, -0.15) is 13.2 Å². The average molecular weight is 456 g/mol. The molecule has 0 aliphatic carbocycles. The number of rotatable bonds is 6. The summed E-state index contributed by atoms with van der Waals surface area (Å²) in [7, 11) is -0.903. The van der Waals surface area contributed by atoms with Crippen LogP contribution in [0.4, 0.5) is 18.9 Å². The molecule has 7 nitrogen and oxygen atoms in total. The van der Waals surface area contributed by atoms with Gasteiger partial charge in [0.25, 0.3) is 10.0 Å². The molecule has 3 rings (SSSR count). The summed E-state index contributed by atoms with van der Waals surface area (Å²) in [6.07, 6.45) is -6.94. The van der Waals surface area contributed by atoms with Crippen molar-refractivity contribution in [2.45, 2.75) is 24.1 Å². The van der Waals surface area contributed by atoms with E-state index in [2.05, 4.69) is 0 Å². The summed E-state index contributed by atoms with van der Waals surface area (Å²) in [6, 6.07) is 11.3. The molecule has 0 saturated carbocycles. The highest BCUT2D eigenvalue weighted by Gasteiger charge is 2.39. The highest BCUT2D eigenvalue weighted by atomic mass is 32.2. The van der Waals surface area contributed by atoms with Crippen LogP contribution in [0.15, 0.2) is 57.8 Å². The molecule has 0 aliphatic heterocycles. The third kappa shape index (κ3) is 4.93. The summed E-state index contributed by atoms with van der Waals surface area (Å²) in [5.41, 5.74) is 1.18. The third-order valence-corrected chi connectivity index (χ3v) is 5.74. The van der Waals surface area contributed by atoms with Crippen LogP contribution in [-0.2, 0) is 10.0 Å². The lowest BCUT2D eigenvalue weighted by molar-refractivity contribution is -0.189. The van der Waals surface area contributed by atoms with Gasteiger partial charge in [0.2, 0.25) is 0 Å². The monoisotopic (exact) mass is 456 g/mol. The van der Waals surface area contributed by atoms with E-state index >= 15 is 0 Å². The van der Waals surface area contributed by atoms with Gasteiger partial charge in [-0.05, 0) is 37.3 Å². The topological polar surface area (TPSA) is 88.8 Å². The fraction of sp³-hybridized carbons (Fsp3) is 0.250. The number of sulfonamides is 1. The number of para-hydroxylation sites is 1. The predicted octanol–water partition coefficient (Wildman–Crippen LogP) is 3.95. The van der Waals surface area contributed by atoms with Gasteiger partial charge >= 0.3 is 12.1 Å². The Bertz CT molecular complexity index is 1220. The van der Waals surface area contributed by atoms with Gasteiger partial charge in [-0.25, -0.2) is 13.1 Å². The molecule has 166 valence electrons. The highest BCUT2D eigenvalue weighted by Crippen LogP contribution is 2.30. The number of amides is 1. The number of ether oxygens (including phenoxy) is 1. The molecule has 3 aromatic rings. The van der Waals surface area contributed by atoms with Crippen LogP contribution in [0.1, 0.15) is 17.5 Å². The Balaban J connectivity index is 1.87. The zero-order chi connectivity index (χ0) is 23.0. The number of furan rings is 1. The summed E-state index contributed by atoms with van der Waals surface area (Å²) >= 11 is 0. The Morgan fingerprint density at radius 2 is 1.81 bits per heavy atom. The number of hydrogen-bond donors (Lipinski definition) is 1. The quantitative estimate of drug-likeness (QED) is 0.604. The Morgan fingerprint density at radius 1 is 1.13 bits per heavy atom. The lowest BCUT2D eigenvalue weighted by Crippen LogP contribution is -2.33. The van der Waals surface area contributed by atoms with Crippen molar-refractivity contribution in [1.82, 2.24) is 4.72 Å². The van der Waals surface area contributed by atoms with E-state index in [1.165, 1.54) is 18.2 Å². The number of nitrogens with zero attached hydrogens (tertiary/aromatic N) is 1. The minimum Gasteiger partial charge on any atom is -0.480 e. The van der Waals surface area contributed by atoms with Crippen molar-refractivity contribution < 1.29 is 35.5 Å². The van der Waals surface area contributed by atoms with Gasteiger partial charge < -0.3 is 14.1 Å². The number of nitrogens with one attached hydrogen (secondary N) is 1. The maximum absolute atomic E-state index is 12.8. The number of benzene rings is 2. The Kier molecular flexibility index (Phi) is 5.90. The van der Waals surface area contributed by atoms with Gasteiger partial charge in [-0.3, -0.25) is 4.79 Å². The summed E-state index contributed by atoms with van der Waals surface area (Å²) in [4.78, 5) is 13.7. The van der Waals surface area contributed by atoms with E-state index in [1.54, 1.807) is 18.2 Å². The predicted molar refractivity (Wildman–Crippen MR) is 108 cm³/mol. The SMILES string of the molecule is C[C@@H](Oc1ccccc1S(=O)(=O)NC(=O)c1cc2ccc(N(C)C)cc2o1)C(F)(F)F. The largest absolute Gasteiger partial charge is 0.480 e. The first-order valence-corrected chi connectivity index (χ1v) is 10.5. The standard InChI is InChI=1S/C20H19F3N2O5S/c1-12(20(21,22)23)29-15-6-4-5-7-18(15)31(27,28)24-19(26)17-10-13-8-9-14(25(2)3)11-16(13)30-17/h4-12H,1-3H3,(H,24,26)/t12-/m1/s1. The summed E-state index contributed by atoms with van der Waals surface area (Å²) in [6.45, 7) is 0.748. The van der Waals surface area contributed by atoms with Gasteiger partial charge in [0.1, 0.15) is 16.2 Å². The maximum Gasteiger partial charge on any atom is 0.425 e. The zero-order valence-corrected chi connectivity index (χ0v) is 17.5. The summed E-state index contributed by atoms with van der Waals surface area (Å²) in [5.74, 6) is -1.87. The first-order chi connectivity index (χ1) is 14.4. The molecule has 0 bridgehead atoms. The Hall–Kier alpha value is -3.21. The second-order valence-corrected chi connectivity index (χ2v) is 8.56. The molecule has 0 fully saturated rings. The molecular weight excluding hydrogens is 437 g/mol. The molecule has 2 aromatic carbocycles. The van der Waals surface area contributed by atoms with Gasteiger partial charge in [0.15, 0.2) is 11.9 Å². The smallest absolute Gasteiger partial charge is 0.425 e. The van der Waals surface area contributed by atoms with E-state index in [0.717, 1.165) is 24.7 Å². The normalized spacial score (nSPS) is 13.1. The maximum atomic E-state index is 12.8. The van der Waals surface area contributed by atoms with Crippen LogP contribution in [0.2, 0.25) is 0 Å². The van der Waals surface area contributed by atoms with E-state index in [1.807, 2.05) is 23.7 Å². The van der Waals surface area contributed by atoms with Crippen molar-refractivity contribution in [3.63, 3.8) is 0 Å². The van der Waals surface area contributed by atoms with E-state index in [0.29, 0.717) is 11.0 Å². The van der Waals surface area contributed by atoms with Crippen LogP contribution in [0.3, 0.4) is 0 Å². The molecule has 1 atom stereocenters. The van der Waals surface area contributed by atoms with E-state index in [-0.39, 0.29) is 5.76 Å². The van der Waals surface area contributed by atoms with Crippen LogP contribution in [0.5, 0.6) is 5.75 Å². The van der Waals surface area contributed by atoms with Gasteiger partial charge in [0.05, 0.1) is 0 Å². The Morgan fingerprint density at radius 3 is 2.45 bits per heavy atom. The van der Waals surface area contributed by atoms with Gasteiger partial charge in [-0.1, -0.05) is 12.1 Å². The minimum atomic E-state index is -4.69. The second-order valence-electron chi connectivity index (χ2n) is 6.91. The molecule has 0 spiro atoms. The molecule has 0 radical (unpaired) electrons. The number of hydrogen-bond acceptors (Lipinski definition) is 6. The second kappa shape index (κ2) is 8.14. The van der Waals surface area contributed by atoms with Crippen molar-refractivity contribution in [2.75, 3.05) is 19.0 Å². The van der Waals surface area contributed by atoms with Gasteiger partial charge in [-0.15, -0.1) is 0 Å². The lowest BCUT2D eigenvalue weighted by atomic mass is 10.2.